The minimum absolute atomic E-state index is 0.0615. The van der Waals surface area contributed by atoms with Crippen LogP contribution in [0.5, 0.6) is 5.75 Å². The van der Waals surface area contributed by atoms with Crippen LogP contribution < -0.4 is 10.2 Å². The summed E-state index contributed by atoms with van der Waals surface area (Å²) in [5.74, 6) is 0.361. The van der Waals surface area contributed by atoms with E-state index in [2.05, 4.69) is 33.1 Å². The largest absolute Gasteiger partial charge is 0.484 e. The van der Waals surface area contributed by atoms with E-state index in [1.165, 1.54) is 0 Å². The number of hydrazone groups is 1. The third kappa shape index (κ3) is 5.00. The fourth-order valence-corrected chi connectivity index (χ4v) is 1.79. The van der Waals surface area contributed by atoms with Gasteiger partial charge in [-0.2, -0.15) is 5.10 Å². The highest BCUT2D eigenvalue weighted by atomic mass is 127. The Morgan fingerprint density at radius 1 is 1.15 bits per heavy atom. The summed E-state index contributed by atoms with van der Waals surface area (Å²) in [6.45, 7) is -0.0615. The molecule has 2 aromatic carbocycles. The number of amides is 1. The van der Waals surface area contributed by atoms with Crippen molar-refractivity contribution in [2.24, 2.45) is 5.10 Å². The van der Waals surface area contributed by atoms with Gasteiger partial charge in [-0.05, 0) is 52.4 Å². The molecule has 0 unspecified atom stereocenters. The van der Waals surface area contributed by atoms with Crippen LogP contribution in [0.4, 0.5) is 0 Å². The summed E-state index contributed by atoms with van der Waals surface area (Å²) in [5, 5.41) is 3.88. The molecule has 20 heavy (non-hydrogen) atoms. The average molecular weight is 380 g/mol. The van der Waals surface area contributed by atoms with E-state index in [1.807, 2.05) is 42.5 Å². The number of halogens is 1. The lowest BCUT2D eigenvalue weighted by atomic mass is 10.2. The molecule has 1 amide bonds. The molecule has 0 bridgehead atoms. The molecule has 2 rings (SSSR count). The first kappa shape index (κ1) is 14.5. The van der Waals surface area contributed by atoms with Gasteiger partial charge in [-0.25, -0.2) is 5.43 Å². The second kappa shape index (κ2) is 7.64. The van der Waals surface area contributed by atoms with E-state index in [0.717, 1.165) is 9.13 Å². The summed E-state index contributed by atoms with van der Waals surface area (Å²) >= 11 is 2.23. The maximum atomic E-state index is 11.5. The van der Waals surface area contributed by atoms with E-state index >= 15 is 0 Å². The molecule has 0 aliphatic rings. The zero-order valence-electron chi connectivity index (χ0n) is 10.6. The van der Waals surface area contributed by atoms with Gasteiger partial charge in [-0.3, -0.25) is 4.79 Å². The number of carbonyl (C=O) groups is 1. The number of hydrogen-bond donors (Lipinski definition) is 1. The Balaban J connectivity index is 1.76. The Labute approximate surface area is 131 Å². The second-order valence-corrected chi connectivity index (χ2v) is 5.19. The van der Waals surface area contributed by atoms with Gasteiger partial charge in [0, 0.05) is 3.57 Å². The topological polar surface area (TPSA) is 50.7 Å². The number of para-hydroxylation sites is 1. The highest BCUT2D eigenvalue weighted by Crippen LogP contribution is 2.07. The molecule has 1 N–H and O–H groups in total. The third-order valence-electron chi connectivity index (χ3n) is 2.39. The first-order valence-electron chi connectivity index (χ1n) is 5.99. The van der Waals surface area contributed by atoms with E-state index in [-0.39, 0.29) is 12.5 Å². The number of nitrogens with one attached hydrogen (secondary N) is 1. The number of carbonyl (C=O) groups excluding carboxylic acids is 1. The van der Waals surface area contributed by atoms with E-state index in [9.17, 15) is 4.79 Å². The summed E-state index contributed by atoms with van der Waals surface area (Å²) < 4.78 is 6.45. The van der Waals surface area contributed by atoms with E-state index in [1.54, 1.807) is 18.3 Å². The zero-order chi connectivity index (χ0) is 14.2. The van der Waals surface area contributed by atoms with Crippen molar-refractivity contribution in [2.75, 3.05) is 6.61 Å². The summed E-state index contributed by atoms with van der Waals surface area (Å²) in [6.07, 6.45) is 1.59. The molecular formula is C15H13IN2O2. The van der Waals surface area contributed by atoms with E-state index in [0.29, 0.717) is 5.75 Å². The SMILES string of the molecule is O=C(COc1ccccc1)N/N=C\c1ccc(I)cc1. The highest BCUT2D eigenvalue weighted by Gasteiger charge is 2.00. The van der Waals surface area contributed by atoms with Gasteiger partial charge in [0.05, 0.1) is 6.21 Å². The molecule has 102 valence electrons. The summed E-state index contributed by atoms with van der Waals surface area (Å²) in [5.41, 5.74) is 3.35. The number of rotatable bonds is 5. The van der Waals surface area contributed by atoms with Crippen molar-refractivity contribution in [2.45, 2.75) is 0 Å². The minimum Gasteiger partial charge on any atom is -0.484 e. The maximum Gasteiger partial charge on any atom is 0.277 e. The van der Waals surface area contributed by atoms with Crippen molar-refractivity contribution in [3.8, 4) is 5.75 Å². The van der Waals surface area contributed by atoms with Crippen LogP contribution >= 0.6 is 22.6 Å². The fraction of sp³-hybridized carbons (Fsp3) is 0.0667. The van der Waals surface area contributed by atoms with Crippen LogP contribution in [-0.2, 0) is 4.79 Å². The Kier molecular flexibility index (Phi) is 5.55. The molecule has 0 heterocycles. The molecule has 0 atom stereocenters. The number of benzene rings is 2. The van der Waals surface area contributed by atoms with Gasteiger partial charge in [-0.15, -0.1) is 0 Å². The Hall–Kier alpha value is -1.89. The lowest BCUT2D eigenvalue weighted by Gasteiger charge is -2.04. The van der Waals surface area contributed by atoms with Crippen molar-refractivity contribution >= 4 is 34.7 Å². The lowest BCUT2D eigenvalue weighted by molar-refractivity contribution is -0.123. The molecule has 0 aliphatic heterocycles. The molecule has 4 nitrogen and oxygen atoms in total. The van der Waals surface area contributed by atoms with Crippen molar-refractivity contribution in [3.63, 3.8) is 0 Å². The van der Waals surface area contributed by atoms with Gasteiger partial charge in [0.2, 0.25) is 0 Å². The first-order chi connectivity index (χ1) is 9.74. The molecular weight excluding hydrogens is 367 g/mol. The van der Waals surface area contributed by atoms with Crippen LogP contribution in [-0.4, -0.2) is 18.7 Å². The van der Waals surface area contributed by atoms with Crippen molar-refractivity contribution in [3.05, 3.63) is 63.7 Å². The lowest BCUT2D eigenvalue weighted by Crippen LogP contribution is -2.24. The molecule has 0 aromatic heterocycles. The monoisotopic (exact) mass is 380 g/mol. The number of nitrogens with zero attached hydrogens (tertiary/aromatic N) is 1. The molecule has 2 aromatic rings. The van der Waals surface area contributed by atoms with Crippen molar-refractivity contribution in [1.82, 2.24) is 5.43 Å². The second-order valence-electron chi connectivity index (χ2n) is 3.95. The molecule has 0 saturated heterocycles. The highest BCUT2D eigenvalue weighted by molar-refractivity contribution is 14.1. The van der Waals surface area contributed by atoms with Crippen LogP contribution in [0.25, 0.3) is 0 Å². The maximum absolute atomic E-state index is 11.5. The van der Waals surface area contributed by atoms with Gasteiger partial charge < -0.3 is 4.74 Å². The minimum atomic E-state index is -0.296. The molecule has 0 aliphatic carbocycles. The van der Waals surface area contributed by atoms with Gasteiger partial charge in [-0.1, -0.05) is 30.3 Å². The van der Waals surface area contributed by atoms with Crippen molar-refractivity contribution < 1.29 is 9.53 Å². The summed E-state index contributed by atoms with van der Waals surface area (Å²) in [7, 11) is 0. The predicted molar refractivity (Wildman–Crippen MR) is 86.8 cm³/mol. The van der Waals surface area contributed by atoms with E-state index < -0.39 is 0 Å². The number of hydrogen-bond acceptors (Lipinski definition) is 3. The molecule has 0 spiro atoms. The normalized spacial score (nSPS) is 10.4. The third-order valence-corrected chi connectivity index (χ3v) is 3.11. The van der Waals surface area contributed by atoms with Gasteiger partial charge in [0.25, 0.3) is 5.91 Å². The zero-order valence-corrected chi connectivity index (χ0v) is 12.8. The van der Waals surface area contributed by atoms with Crippen LogP contribution in [0.3, 0.4) is 0 Å². The van der Waals surface area contributed by atoms with Crippen molar-refractivity contribution in [1.29, 1.82) is 0 Å². The van der Waals surface area contributed by atoms with Crippen LogP contribution in [0.2, 0.25) is 0 Å². The van der Waals surface area contributed by atoms with E-state index in [4.69, 9.17) is 4.74 Å². The van der Waals surface area contributed by atoms with Crippen LogP contribution in [0.15, 0.2) is 59.7 Å². The molecule has 0 fully saturated rings. The molecule has 0 radical (unpaired) electrons. The fourth-order valence-electron chi connectivity index (χ4n) is 1.43. The first-order valence-corrected chi connectivity index (χ1v) is 7.07. The Morgan fingerprint density at radius 3 is 2.55 bits per heavy atom. The molecule has 5 heteroatoms. The summed E-state index contributed by atoms with van der Waals surface area (Å²) in [4.78, 5) is 11.5. The van der Waals surface area contributed by atoms with Crippen LogP contribution in [0, 0.1) is 3.57 Å². The number of ether oxygens (including phenoxy) is 1. The van der Waals surface area contributed by atoms with Gasteiger partial charge in [0.15, 0.2) is 6.61 Å². The van der Waals surface area contributed by atoms with Gasteiger partial charge in [0.1, 0.15) is 5.75 Å². The molecule has 0 saturated carbocycles. The Bertz CT molecular complexity index is 583. The van der Waals surface area contributed by atoms with Gasteiger partial charge >= 0.3 is 0 Å². The average Bonchev–Trinajstić information content (AvgIpc) is 2.48. The quantitative estimate of drug-likeness (QED) is 0.493. The predicted octanol–water partition coefficient (Wildman–Crippen LogP) is 2.82. The standard InChI is InChI=1S/C15H13IN2O2/c16-13-8-6-12(7-9-13)10-17-18-15(19)11-20-14-4-2-1-3-5-14/h1-10H,11H2,(H,18,19)/b17-10-. The Morgan fingerprint density at radius 2 is 1.85 bits per heavy atom. The van der Waals surface area contributed by atoms with Crippen LogP contribution in [0.1, 0.15) is 5.56 Å². The summed E-state index contributed by atoms with van der Waals surface area (Å²) in [6, 6.07) is 17.0. The smallest absolute Gasteiger partial charge is 0.277 e.